The number of rotatable bonds is 10. The predicted molar refractivity (Wildman–Crippen MR) is 113 cm³/mol. The summed E-state index contributed by atoms with van der Waals surface area (Å²) >= 11 is 0. The number of phosphoric ester groups is 1. The molecule has 9 heteroatoms. The molecule has 0 amide bonds. The highest BCUT2D eigenvalue weighted by Crippen LogP contribution is 2.48. The second-order valence-corrected chi connectivity index (χ2v) is 21.1. The van der Waals surface area contributed by atoms with Crippen molar-refractivity contribution in [3.05, 3.63) is 0 Å². The Morgan fingerprint density at radius 1 is 0.808 bits per heavy atom. The van der Waals surface area contributed by atoms with Gasteiger partial charge >= 0.3 is 7.82 Å². The Kier molecular flexibility index (Phi) is 9.47. The number of hydrogen-bond acceptors (Lipinski definition) is 6. The molecule has 1 atom stereocenters. The van der Waals surface area contributed by atoms with Crippen LogP contribution in [-0.4, -0.2) is 50.2 Å². The van der Waals surface area contributed by atoms with Crippen LogP contribution < -0.4 is 0 Å². The minimum atomic E-state index is -3.55. The van der Waals surface area contributed by atoms with E-state index in [-0.39, 0.29) is 22.8 Å². The lowest BCUT2D eigenvalue weighted by Gasteiger charge is -2.41. The zero-order valence-corrected chi connectivity index (χ0v) is 21.8. The van der Waals surface area contributed by atoms with Crippen LogP contribution in [-0.2, 0) is 27.0 Å². The van der Waals surface area contributed by atoms with Gasteiger partial charge in [-0.2, -0.15) is 0 Å². The SMILES string of the molecule is COP(=O)(OC)OC[C@@H](CO[Si](C)(C)C(C)(C)C)O[Si](C)(C)C(C)(C)C. The minimum absolute atomic E-state index is 0.0500. The minimum Gasteiger partial charge on any atom is -0.414 e. The molecule has 26 heavy (non-hydrogen) atoms. The van der Waals surface area contributed by atoms with Gasteiger partial charge in [0.2, 0.25) is 0 Å². The van der Waals surface area contributed by atoms with Crippen LogP contribution >= 0.6 is 7.82 Å². The lowest BCUT2D eigenvalue weighted by atomic mass is 10.2. The molecule has 0 aromatic rings. The van der Waals surface area contributed by atoms with Gasteiger partial charge in [0.15, 0.2) is 16.6 Å². The van der Waals surface area contributed by atoms with Crippen molar-refractivity contribution >= 4 is 24.5 Å². The smallest absolute Gasteiger partial charge is 0.414 e. The fraction of sp³-hybridized carbons (Fsp3) is 1.00. The lowest BCUT2D eigenvalue weighted by Crippen LogP contribution is -2.49. The first-order valence-corrected chi connectivity index (χ1v) is 16.4. The van der Waals surface area contributed by atoms with Crippen molar-refractivity contribution in [2.75, 3.05) is 27.4 Å². The Labute approximate surface area is 163 Å². The van der Waals surface area contributed by atoms with Gasteiger partial charge in [-0.05, 0) is 36.3 Å². The van der Waals surface area contributed by atoms with E-state index in [0.717, 1.165) is 0 Å². The summed E-state index contributed by atoms with van der Waals surface area (Å²) in [4.78, 5) is 0. The van der Waals surface area contributed by atoms with Crippen LogP contribution in [0.1, 0.15) is 41.5 Å². The second-order valence-electron chi connectivity index (χ2n) is 9.68. The average molecular weight is 429 g/mol. The molecule has 0 radical (unpaired) electrons. The molecule has 6 nitrogen and oxygen atoms in total. The Morgan fingerprint density at radius 3 is 1.58 bits per heavy atom. The molecular formula is C17H41O6PSi2. The second kappa shape index (κ2) is 9.31. The van der Waals surface area contributed by atoms with Gasteiger partial charge in [0.05, 0.1) is 19.3 Å². The molecule has 0 heterocycles. The highest BCUT2D eigenvalue weighted by atomic mass is 31.2. The highest BCUT2D eigenvalue weighted by Gasteiger charge is 2.42. The molecule has 0 saturated carbocycles. The largest absolute Gasteiger partial charge is 0.474 e. The van der Waals surface area contributed by atoms with Crippen molar-refractivity contribution in [3.8, 4) is 0 Å². The van der Waals surface area contributed by atoms with Crippen LogP contribution in [0, 0.1) is 0 Å². The van der Waals surface area contributed by atoms with Gasteiger partial charge in [0.25, 0.3) is 0 Å². The van der Waals surface area contributed by atoms with E-state index in [1.54, 1.807) is 0 Å². The quantitative estimate of drug-likeness (QED) is 0.323. The molecule has 0 unspecified atom stereocenters. The van der Waals surface area contributed by atoms with Gasteiger partial charge in [-0.15, -0.1) is 0 Å². The molecule has 0 fully saturated rings. The van der Waals surface area contributed by atoms with Crippen LogP contribution in [0.15, 0.2) is 0 Å². The van der Waals surface area contributed by atoms with Gasteiger partial charge in [-0.3, -0.25) is 13.6 Å². The zero-order chi connectivity index (χ0) is 21.0. The van der Waals surface area contributed by atoms with E-state index in [2.05, 4.69) is 67.7 Å². The molecule has 0 rings (SSSR count). The summed E-state index contributed by atoms with van der Waals surface area (Å²) in [6.07, 6.45) is -0.330. The van der Waals surface area contributed by atoms with E-state index in [0.29, 0.717) is 6.61 Å². The standard InChI is InChI=1S/C17H41O6PSi2/c1-16(2,3)25(9,10)22-14-15(13-21-24(18,19-7)20-8)23-26(11,12)17(4,5)6/h15H,13-14H2,1-12H3/t15-/m0/s1. The monoisotopic (exact) mass is 428 g/mol. The van der Waals surface area contributed by atoms with Gasteiger partial charge in [0.1, 0.15) is 0 Å². The molecule has 0 aromatic heterocycles. The summed E-state index contributed by atoms with van der Waals surface area (Å²) in [5.41, 5.74) is 0. The lowest BCUT2D eigenvalue weighted by molar-refractivity contribution is 0.0462. The molecule has 0 N–H and O–H groups in total. The number of phosphoric acid groups is 1. The van der Waals surface area contributed by atoms with Gasteiger partial charge in [0, 0.05) is 14.2 Å². The van der Waals surface area contributed by atoms with E-state index in [9.17, 15) is 4.57 Å². The van der Waals surface area contributed by atoms with Crippen LogP contribution in [0.2, 0.25) is 36.3 Å². The fourth-order valence-corrected chi connectivity index (χ4v) is 4.65. The summed E-state index contributed by atoms with van der Waals surface area (Å²) in [7, 11) is -4.91. The van der Waals surface area contributed by atoms with Crippen LogP contribution in [0.25, 0.3) is 0 Å². The Bertz CT molecular complexity index is 475. The first-order chi connectivity index (χ1) is 11.4. The van der Waals surface area contributed by atoms with Gasteiger partial charge in [-0.1, -0.05) is 41.5 Å². The summed E-state index contributed by atoms with van der Waals surface area (Å²) in [5, 5.41) is 0.151. The first-order valence-electron chi connectivity index (χ1n) is 9.08. The Morgan fingerprint density at radius 2 is 1.23 bits per heavy atom. The Hall–Kier alpha value is 0.464. The maximum absolute atomic E-state index is 12.2. The summed E-state index contributed by atoms with van der Waals surface area (Å²) in [6, 6.07) is 0. The molecule has 0 aromatic carbocycles. The van der Waals surface area contributed by atoms with Crippen molar-refractivity contribution in [1.29, 1.82) is 0 Å². The summed E-state index contributed by atoms with van der Waals surface area (Å²) < 4.78 is 40.2. The van der Waals surface area contributed by atoms with Crippen LogP contribution in [0.4, 0.5) is 0 Å². The van der Waals surface area contributed by atoms with E-state index in [1.165, 1.54) is 14.2 Å². The molecule has 0 aliphatic carbocycles. The van der Waals surface area contributed by atoms with Crippen molar-refractivity contribution in [1.82, 2.24) is 0 Å². The first kappa shape index (κ1) is 26.5. The van der Waals surface area contributed by atoms with E-state index < -0.39 is 24.5 Å². The van der Waals surface area contributed by atoms with Gasteiger partial charge in [-0.25, -0.2) is 4.57 Å². The predicted octanol–water partition coefficient (Wildman–Crippen LogP) is 5.82. The Balaban J connectivity index is 5.27. The van der Waals surface area contributed by atoms with E-state index in [4.69, 9.17) is 22.4 Å². The third-order valence-corrected chi connectivity index (χ3v) is 16.0. The van der Waals surface area contributed by atoms with Crippen LogP contribution in [0.5, 0.6) is 0 Å². The van der Waals surface area contributed by atoms with Crippen molar-refractivity contribution in [3.63, 3.8) is 0 Å². The highest BCUT2D eigenvalue weighted by molar-refractivity contribution is 7.48. The molecule has 0 saturated heterocycles. The van der Waals surface area contributed by atoms with E-state index in [1.807, 2.05) is 0 Å². The molecule has 0 spiro atoms. The average Bonchev–Trinajstić information content (AvgIpc) is 2.47. The molecule has 0 aliphatic heterocycles. The molecule has 0 bridgehead atoms. The molecular weight excluding hydrogens is 387 g/mol. The van der Waals surface area contributed by atoms with Crippen molar-refractivity contribution in [2.45, 2.75) is 83.9 Å². The summed E-state index contributed by atoms with van der Waals surface area (Å²) in [5.74, 6) is 0. The molecule has 0 aliphatic rings. The van der Waals surface area contributed by atoms with Crippen molar-refractivity contribution < 1.29 is 27.0 Å². The maximum atomic E-state index is 12.2. The van der Waals surface area contributed by atoms with Crippen molar-refractivity contribution in [2.24, 2.45) is 0 Å². The third-order valence-electron chi connectivity index (χ3n) is 5.57. The molecule has 158 valence electrons. The zero-order valence-electron chi connectivity index (χ0n) is 18.9. The summed E-state index contributed by atoms with van der Waals surface area (Å²) in [6.45, 7) is 22.4. The van der Waals surface area contributed by atoms with Crippen LogP contribution in [0.3, 0.4) is 0 Å². The fourth-order valence-electron chi connectivity index (χ4n) is 1.58. The third kappa shape index (κ3) is 7.83. The normalized spacial score (nSPS) is 16.0. The van der Waals surface area contributed by atoms with E-state index >= 15 is 0 Å². The maximum Gasteiger partial charge on any atom is 0.474 e. The topological polar surface area (TPSA) is 63.2 Å². The number of hydrogen-bond donors (Lipinski definition) is 0. The van der Waals surface area contributed by atoms with Gasteiger partial charge < -0.3 is 8.85 Å².